The van der Waals surface area contributed by atoms with Gasteiger partial charge in [0.2, 0.25) is 0 Å². The van der Waals surface area contributed by atoms with Crippen molar-refractivity contribution in [3.8, 4) is 0 Å². The minimum Gasteiger partial charge on any atom is -0.294 e. The summed E-state index contributed by atoms with van der Waals surface area (Å²) in [5.41, 5.74) is 1.16. The van der Waals surface area contributed by atoms with E-state index in [0.29, 0.717) is 25.1 Å². The minimum atomic E-state index is -0.373. The molecule has 2 rings (SSSR count). The molecule has 1 nitrogen and oxygen atoms in total. The molecule has 0 atom stereocenters. The minimum absolute atomic E-state index is 0.0938. The summed E-state index contributed by atoms with van der Waals surface area (Å²) in [4.78, 5) is 12.1. The van der Waals surface area contributed by atoms with Gasteiger partial charge in [-0.1, -0.05) is 23.7 Å². The van der Waals surface area contributed by atoms with Crippen molar-refractivity contribution in [3.63, 3.8) is 0 Å². The summed E-state index contributed by atoms with van der Waals surface area (Å²) in [5, 5.41) is 0.545. The van der Waals surface area contributed by atoms with Crippen LogP contribution in [0.4, 0.5) is 4.39 Å². The van der Waals surface area contributed by atoms with Crippen molar-refractivity contribution in [1.82, 2.24) is 0 Å². The molecule has 0 aliphatic rings. The van der Waals surface area contributed by atoms with E-state index >= 15 is 0 Å². The summed E-state index contributed by atoms with van der Waals surface area (Å²) in [6, 6.07) is 9.62. The molecule has 0 aromatic heterocycles. The van der Waals surface area contributed by atoms with Crippen molar-refractivity contribution in [2.24, 2.45) is 0 Å². The van der Waals surface area contributed by atoms with Crippen molar-refractivity contribution in [2.75, 3.05) is 0 Å². The largest absolute Gasteiger partial charge is 0.294 e. The molecular weight excluding hydrogens is 398 g/mol. The van der Waals surface area contributed by atoms with E-state index in [4.69, 9.17) is 11.6 Å². The summed E-state index contributed by atoms with van der Waals surface area (Å²) in [5.74, 6) is -0.466. The maximum Gasteiger partial charge on any atom is 0.167 e. The SMILES string of the molecule is O=C(Cc1cccc(F)c1Br)c1ccc(Cl)c(Br)c1. The number of benzene rings is 2. The van der Waals surface area contributed by atoms with Gasteiger partial charge in [0.25, 0.3) is 0 Å². The van der Waals surface area contributed by atoms with Crippen molar-refractivity contribution in [1.29, 1.82) is 0 Å². The topological polar surface area (TPSA) is 17.1 Å². The highest BCUT2D eigenvalue weighted by molar-refractivity contribution is 9.10. The predicted octanol–water partition coefficient (Wildman–Crippen LogP) is 5.43. The highest BCUT2D eigenvalue weighted by atomic mass is 79.9. The Hall–Kier alpha value is -0.710. The molecule has 0 heterocycles. The Labute approximate surface area is 132 Å². The normalized spacial score (nSPS) is 10.5. The van der Waals surface area contributed by atoms with Crippen LogP contribution in [0.1, 0.15) is 15.9 Å². The standard InChI is InChI=1S/C14H8Br2ClFO/c15-10-6-8(4-5-11(10)17)13(19)7-9-2-1-3-12(18)14(9)16/h1-6H,7H2. The molecule has 0 saturated heterocycles. The highest BCUT2D eigenvalue weighted by Crippen LogP contribution is 2.25. The Bertz CT molecular complexity index is 643. The van der Waals surface area contributed by atoms with Crippen LogP contribution in [-0.4, -0.2) is 5.78 Å². The molecular formula is C14H8Br2ClFO. The van der Waals surface area contributed by atoms with E-state index < -0.39 is 0 Å². The van der Waals surface area contributed by atoms with E-state index in [9.17, 15) is 9.18 Å². The van der Waals surface area contributed by atoms with E-state index in [1.165, 1.54) is 6.07 Å². The van der Waals surface area contributed by atoms with Gasteiger partial charge >= 0.3 is 0 Å². The number of carbonyl (C=O) groups is 1. The summed E-state index contributed by atoms with van der Waals surface area (Å²) >= 11 is 12.3. The lowest BCUT2D eigenvalue weighted by Crippen LogP contribution is -2.04. The number of carbonyl (C=O) groups excluding carboxylic acids is 1. The third-order valence-corrected chi connectivity index (χ3v) is 4.73. The number of ketones is 1. The summed E-state index contributed by atoms with van der Waals surface area (Å²) in [7, 11) is 0. The van der Waals surface area contributed by atoms with Crippen LogP contribution in [0.3, 0.4) is 0 Å². The summed E-state index contributed by atoms with van der Waals surface area (Å²) in [6.07, 6.45) is 0.131. The second-order valence-electron chi connectivity index (χ2n) is 3.94. The van der Waals surface area contributed by atoms with E-state index in [0.717, 1.165) is 0 Å². The van der Waals surface area contributed by atoms with Crippen LogP contribution in [-0.2, 0) is 6.42 Å². The van der Waals surface area contributed by atoms with Gasteiger partial charge in [0.15, 0.2) is 5.78 Å². The molecule has 19 heavy (non-hydrogen) atoms. The number of halogens is 4. The number of Topliss-reactive ketones (excluding diaryl/α,β-unsaturated/α-hetero) is 1. The van der Waals surface area contributed by atoms with Crippen LogP contribution in [0.2, 0.25) is 5.02 Å². The fourth-order valence-electron chi connectivity index (χ4n) is 1.63. The Balaban J connectivity index is 2.26. The Morgan fingerprint density at radius 1 is 1.21 bits per heavy atom. The first-order valence-corrected chi connectivity index (χ1v) is 7.36. The van der Waals surface area contributed by atoms with Crippen LogP contribution < -0.4 is 0 Å². The zero-order chi connectivity index (χ0) is 14.0. The molecule has 0 aliphatic heterocycles. The van der Waals surface area contributed by atoms with Crippen LogP contribution in [0.5, 0.6) is 0 Å². The number of hydrogen-bond donors (Lipinski definition) is 0. The smallest absolute Gasteiger partial charge is 0.167 e. The molecule has 0 bridgehead atoms. The first-order chi connectivity index (χ1) is 8.99. The molecule has 2 aromatic rings. The van der Waals surface area contributed by atoms with Gasteiger partial charge in [0, 0.05) is 16.5 Å². The van der Waals surface area contributed by atoms with Gasteiger partial charge in [-0.3, -0.25) is 4.79 Å². The highest BCUT2D eigenvalue weighted by Gasteiger charge is 2.12. The average molecular weight is 406 g/mol. The van der Waals surface area contributed by atoms with Gasteiger partial charge in [-0.15, -0.1) is 0 Å². The Kier molecular flexibility index (Phi) is 4.76. The summed E-state index contributed by atoms with van der Waals surface area (Å²) < 4.78 is 14.4. The summed E-state index contributed by atoms with van der Waals surface area (Å²) in [6.45, 7) is 0. The van der Waals surface area contributed by atoms with Gasteiger partial charge in [-0.25, -0.2) is 4.39 Å². The lowest BCUT2D eigenvalue weighted by atomic mass is 10.0. The van der Waals surface area contributed by atoms with Crippen LogP contribution in [0.15, 0.2) is 45.3 Å². The second-order valence-corrected chi connectivity index (χ2v) is 6.00. The zero-order valence-corrected chi connectivity index (χ0v) is 13.5. The van der Waals surface area contributed by atoms with Crippen LogP contribution in [0, 0.1) is 5.82 Å². The number of rotatable bonds is 3. The van der Waals surface area contributed by atoms with Crippen LogP contribution in [0.25, 0.3) is 0 Å². The molecule has 0 spiro atoms. The second kappa shape index (κ2) is 6.16. The molecule has 0 amide bonds. The van der Waals surface area contributed by atoms with E-state index in [-0.39, 0.29) is 18.0 Å². The van der Waals surface area contributed by atoms with Gasteiger partial charge in [0.1, 0.15) is 5.82 Å². The average Bonchev–Trinajstić information content (AvgIpc) is 2.38. The first kappa shape index (κ1) is 14.7. The quantitative estimate of drug-likeness (QED) is 0.621. The van der Waals surface area contributed by atoms with E-state index in [2.05, 4.69) is 31.9 Å². The van der Waals surface area contributed by atoms with E-state index in [1.807, 2.05) is 0 Å². The Morgan fingerprint density at radius 2 is 1.95 bits per heavy atom. The third kappa shape index (κ3) is 3.44. The van der Waals surface area contributed by atoms with Crippen molar-refractivity contribution in [2.45, 2.75) is 6.42 Å². The maximum absolute atomic E-state index is 13.4. The van der Waals surface area contributed by atoms with Gasteiger partial charge in [-0.05, 0) is 61.7 Å². The fourth-order valence-corrected chi connectivity index (χ4v) is 2.53. The van der Waals surface area contributed by atoms with Crippen molar-refractivity contribution < 1.29 is 9.18 Å². The van der Waals surface area contributed by atoms with Gasteiger partial charge in [0.05, 0.1) is 9.50 Å². The van der Waals surface area contributed by atoms with Gasteiger partial charge < -0.3 is 0 Å². The molecule has 2 aromatic carbocycles. The molecule has 0 aliphatic carbocycles. The third-order valence-electron chi connectivity index (χ3n) is 2.62. The lowest BCUT2D eigenvalue weighted by Gasteiger charge is -2.06. The molecule has 5 heteroatoms. The van der Waals surface area contributed by atoms with Crippen molar-refractivity contribution in [3.05, 3.63) is 67.3 Å². The molecule has 0 radical (unpaired) electrons. The lowest BCUT2D eigenvalue weighted by molar-refractivity contribution is 0.0992. The van der Waals surface area contributed by atoms with Crippen molar-refractivity contribution >= 4 is 49.2 Å². The number of hydrogen-bond acceptors (Lipinski definition) is 1. The monoisotopic (exact) mass is 404 g/mol. The predicted molar refractivity (Wildman–Crippen MR) is 81.3 cm³/mol. The molecule has 0 saturated carbocycles. The maximum atomic E-state index is 13.4. The molecule has 98 valence electrons. The fraction of sp³-hybridized carbons (Fsp3) is 0.0714. The van der Waals surface area contributed by atoms with Crippen LogP contribution >= 0.6 is 43.5 Å². The zero-order valence-electron chi connectivity index (χ0n) is 9.59. The molecule has 0 N–H and O–H groups in total. The van der Waals surface area contributed by atoms with E-state index in [1.54, 1.807) is 30.3 Å². The molecule has 0 unspecified atom stereocenters. The Morgan fingerprint density at radius 3 is 2.63 bits per heavy atom. The molecule has 0 fully saturated rings. The van der Waals surface area contributed by atoms with Gasteiger partial charge in [-0.2, -0.15) is 0 Å². The first-order valence-electron chi connectivity index (χ1n) is 5.40.